The van der Waals surface area contributed by atoms with Crippen LogP contribution < -0.4 is 10.6 Å². The van der Waals surface area contributed by atoms with E-state index in [-0.39, 0.29) is 5.28 Å². The first-order chi connectivity index (χ1) is 8.61. The highest BCUT2D eigenvalue weighted by atomic mass is 35.5. The highest BCUT2D eigenvalue weighted by molar-refractivity contribution is 7.84. The lowest BCUT2D eigenvalue weighted by Gasteiger charge is -2.07. The minimum atomic E-state index is -0.768. The Bertz CT molecular complexity index is 404. The molecule has 102 valence electrons. The van der Waals surface area contributed by atoms with Crippen molar-refractivity contribution in [3.05, 3.63) is 5.28 Å². The zero-order valence-electron chi connectivity index (χ0n) is 10.6. The number of rotatable bonds is 8. The first-order valence-corrected chi connectivity index (χ1v) is 7.91. The molecule has 0 bridgehead atoms. The highest BCUT2D eigenvalue weighted by Crippen LogP contribution is 2.09. The van der Waals surface area contributed by atoms with Crippen molar-refractivity contribution in [3.63, 3.8) is 0 Å². The van der Waals surface area contributed by atoms with Crippen LogP contribution in [-0.2, 0) is 10.8 Å². The lowest BCUT2D eigenvalue weighted by atomic mass is 10.5. The number of nitrogens with one attached hydrogen (secondary N) is 2. The molecule has 2 N–H and O–H groups in total. The SMILES string of the molecule is CCCNc1nc(Cl)nc(NCCCS(C)=O)n1. The van der Waals surface area contributed by atoms with E-state index in [4.69, 9.17) is 11.6 Å². The average molecular weight is 292 g/mol. The van der Waals surface area contributed by atoms with Gasteiger partial charge in [0.05, 0.1) is 0 Å². The zero-order valence-corrected chi connectivity index (χ0v) is 12.1. The normalized spacial score (nSPS) is 12.2. The third-order valence-corrected chi connectivity index (χ3v) is 3.07. The number of anilines is 2. The number of halogens is 1. The summed E-state index contributed by atoms with van der Waals surface area (Å²) in [5.74, 6) is 1.57. The average Bonchev–Trinajstić information content (AvgIpc) is 2.31. The second-order valence-corrected chi connectivity index (χ2v) is 5.63. The molecule has 0 saturated carbocycles. The lowest BCUT2D eigenvalue weighted by molar-refractivity contribution is 0.685. The van der Waals surface area contributed by atoms with E-state index < -0.39 is 10.8 Å². The van der Waals surface area contributed by atoms with Gasteiger partial charge in [-0.25, -0.2) is 0 Å². The quantitative estimate of drug-likeness (QED) is 0.707. The largest absolute Gasteiger partial charge is 0.354 e. The van der Waals surface area contributed by atoms with Crippen LogP contribution in [0.1, 0.15) is 19.8 Å². The van der Waals surface area contributed by atoms with E-state index in [0.29, 0.717) is 24.2 Å². The monoisotopic (exact) mass is 291 g/mol. The van der Waals surface area contributed by atoms with Crippen LogP contribution in [0.3, 0.4) is 0 Å². The summed E-state index contributed by atoms with van der Waals surface area (Å²) in [5.41, 5.74) is 0. The standard InChI is InChI=1S/C10H18ClN5OS/c1-3-5-12-9-14-8(11)15-10(16-9)13-6-4-7-18(2)17/h3-7H2,1-2H3,(H2,12,13,14,15,16). The Morgan fingerprint density at radius 3 is 2.33 bits per heavy atom. The Labute approximate surface area is 114 Å². The molecule has 18 heavy (non-hydrogen) atoms. The second-order valence-electron chi connectivity index (χ2n) is 3.74. The first kappa shape index (κ1) is 15.1. The Morgan fingerprint density at radius 1 is 1.17 bits per heavy atom. The van der Waals surface area contributed by atoms with Gasteiger partial charge >= 0.3 is 0 Å². The van der Waals surface area contributed by atoms with Gasteiger partial charge in [0.2, 0.25) is 17.2 Å². The molecular formula is C10H18ClN5OS. The fourth-order valence-electron chi connectivity index (χ4n) is 1.22. The molecule has 0 aliphatic rings. The van der Waals surface area contributed by atoms with Crippen molar-refractivity contribution in [2.24, 2.45) is 0 Å². The minimum Gasteiger partial charge on any atom is -0.354 e. The summed E-state index contributed by atoms with van der Waals surface area (Å²) in [6.07, 6.45) is 3.46. The molecule has 1 aromatic rings. The number of hydrogen-bond donors (Lipinski definition) is 2. The second kappa shape index (κ2) is 8.20. The number of aromatic nitrogens is 3. The maximum Gasteiger partial charge on any atom is 0.228 e. The Morgan fingerprint density at radius 2 is 1.78 bits per heavy atom. The molecule has 0 saturated heterocycles. The van der Waals surface area contributed by atoms with Gasteiger partial charge in [-0.1, -0.05) is 6.92 Å². The molecule has 1 heterocycles. The number of nitrogens with zero attached hydrogens (tertiary/aromatic N) is 3. The van der Waals surface area contributed by atoms with Gasteiger partial charge in [0.1, 0.15) is 0 Å². The first-order valence-electron chi connectivity index (χ1n) is 5.81. The van der Waals surface area contributed by atoms with Crippen molar-refractivity contribution in [2.45, 2.75) is 19.8 Å². The third kappa shape index (κ3) is 6.11. The van der Waals surface area contributed by atoms with Gasteiger partial charge in [0.15, 0.2) is 0 Å². The predicted octanol–water partition coefficient (Wildman–Crippen LogP) is 1.53. The third-order valence-electron chi connectivity index (χ3n) is 2.03. The summed E-state index contributed by atoms with van der Waals surface area (Å²) in [5, 5.41) is 6.24. The maximum absolute atomic E-state index is 10.9. The smallest absolute Gasteiger partial charge is 0.228 e. The van der Waals surface area contributed by atoms with Gasteiger partial charge in [-0.05, 0) is 24.4 Å². The van der Waals surface area contributed by atoms with Gasteiger partial charge < -0.3 is 10.6 Å². The molecule has 0 aliphatic carbocycles. The summed E-state index contributed by atoms with van der Waals surface area (Å²) in [4.78, 5) is 12.1. The van der Waals surface area contributed by atoms with E-state index in [1.54, 1.807) is 6.26 Å². The number of hydrogen-bond acceptors (Lipinski definition) is 6. The van der Waals surface area contributed by atoms with Crippen molar-refractivity contribution in [3.8, 4) is 0 Å². The molecule has 1 aromatic heterocycles. The molecule has 8 heteroatoms. The van der Waals surface area contributed by atoms with Gasteiger partial charge in [-0.2, -0.15) is 15.0 Å². The van der Waals surface area contributed by atoms with Crippen molar-refractivity contribution in [1.29, 1.82) is 0 Å². The Balaban J connectivity index is 2.48. The summed E-state index contributed by atoms with van der Waals surface area (Å²) in [6.45, 7) is 3.50. The Kier molecular flexibility index (Phi) is 6.89. The van der Waals surface area contributed by atoms with E-state index in [0.717, 1.165) is 19.4 Å². The lowest BCUT2D eigenvalue weighted by Crippen LogP contribution is -2.12. The fourth-order valence-corrected chi connectivity index (χ4v) is 1.93. The van der Waals surface area contributed by atoms with Gasteiger partial charge in [-0.15, -0.1) is 0 Å². The summed E-state index contributed by atoms with van der Waals surface area (Å²) < 4.78 is 10.9. The van der Waals surface area contributed by atoms with Crippen molar-refractivity contribution in [2.75, 3.05) is 35.7 Å². The molecular weight excluding hydrogens is 274 g/mol. The van der Waals surface area contributed by atoms with Gasteiger partial charge in [-0.3, -0.25) is 4.21 Å². The van der Waals surface area contributed by atoms with Crippen LogP contribution in [-0.4, -0.2) is 44.3 Å². The predicted molar refractivity (Wildman–Crippen MR) is 75.7 cm³/mol. The summed E-state index contributed by atoms with van der Waals surface area (Å²) in [6, 6.07) is 0. The molecule has 1 atom stereocenters. The van der Waals surface area contributed by atoms with Crippen LogP contribution in [0.2, 0.25) is 5.28 Å². The molecule has 1 unspecified atom stereocenters. The van der Waals surface area contributed by atoms with Crippen LogP contribution in [0.5, 0.6) is 0 Å². The van der Waals surface area contributed by atoms with Crippen LogP contribution >= 0.6 is 11.6 Å². The van der Waals surface area contributed by atoms with Crippen LogP contribution in [0.4, 0.5) is 11.9 Å². The van der Waals surface area contributed by atoms with E-state index in [1.807, 2.05) is 0 Å². The molecule has 1 rings (SSSR count). The van der Waals surface area contributed by atoms with E-state index >= 15 is 0 Å². The molecule has 0 fully saturated rings. The maximum atomic E-state index is 10.9. The fraction of sp³-hybridized carbons (Fsp3) is 0.700. The molecule has 6 nitrogen and oxygen atoms in total. The summed E-state index contributed by atoms with van der Waals surface area (Å²) >= 11 is 5.80. The molecule has 0 spiro atoms. The van der Waals surface area contributed by atoms with Crippen LogP contribution in [0.25, 0.3) is 0 Å². The highest BCUT2D eigenvalue weighted by Gasteiger charge is 2.03. The minimum absolute atomic E-state index is 0.158. The molecule has 0 aromatic carbocycles. The van der Waals surface area contributed by atoms with E-state index in [2.05, 4.69) is 32.5 Å². The molecule has 0 radical (unpaired) electrons. The Hall–Kier alpha value is -0.950. The van der Waals surface area contributed by atoms with Crippen molar-refractivity contribution in [1.82, 2.24) is 15.0 Å². The molecule has 0 aliphatic heterocycles. The van der Waals surface area contributed by atoms with Crippen molar-refractivity contribution >= 4 is 34.3 Å². The topological polar surface area (TPSA) is 79.8 Å². The van der Waals surface area contributed by atoms with E-state index in [9.17, 15) is 4.21 Å². The van der Waals surface area contributed by atoms with Crippen LogP contribution in [0, 0.1) is 0 Å². The van der Waals surface area contributed by atoms with Crippen LogP contribution in [0.15, 0.2) is 0 Å². The van der Waals surface area contributed by atoms with E-state index in [1.165, 1.54) is 0 Å². The zero-order chi connectivity index (χ0) is 13.4. The van der Waals surface area contributed by atoms with Crippen molar-refractivity contribution < 1.29 is 4.21 Å². The molecule has 0 amide bonds. The van der Waals surface area contributed by atoms with Gasteiger partial charge in [0.25, 0.3) is 0 Å². The van der Waals surface area contributed by atoms with Gasteiger partial charge in [0, 0.05) is 35.9 Å². The summed E-state index contributed by atoms with van der Waals surface area (Å²) in [7, 11) is -0.768.